The third kappa shape index (κ3) is 5.62. The summed E-state index contributed by atoms with van der Waals surface area (Å²) in [5, 5.41) is 13.0. The Labute approximate surface area is 122 Å². The number of aliphatic carboxylic acids is 1. The molecule has 0 bridgehead atoms. The maximum Gasteiger partial charge on any atom is 0.329 e. The number of anilines is 1. The molecule has 1 aromatic rings. The highest BCUT2D eigenvalue weighted by Gasteiger charge is 2.11. The Hall–Kier alpha value is -2.41. The van der Waals surface area contributed by atoms with Crippen LogP contribution >= 0.6 is 0 Å². The molecule has 1 rings (SSSR count). The molecule has 7 nitrogen and oxygen atoms in total. The van der Waals surface area contributed by atoms with Crippen LogP contribution in [0.4, 0.5) is 10.5 Å². The van der Waals surface area contributed by atoms with Gasteiger partial charge in [-0.2, -0.15) is 0 Å². The number of carboxylic acids is 1. The lowest BCUT2D eigenvalue weighted by Gasteiger charge is -2.13. The molecular weight excluding hydrogens is 276 g/mol. The number of carboxylic acid groups (broad SMARTS) is 1. The maximum atomic E-state index is 11.7. The number of carbonyl (C=O) groups is 3. The van der Waals surface area contributed by atoms with Crippen molar-refractivity contribution in [2.24, 2.45) is 0 Å². The molecule has 7 heteroatoms. The fourth-order valence-electron chi connectivity index (χ4n) is 1.92. The molecule has 0 aliphatic rings. The van der Waals surface area contributed by atoms with Crippen LogP contribution in [0.3, 0.4) is 0 Å². The Morgan fingerprint density at radius 1 is 1.10 bits per heavy atom. The Morgan fingerprint density at radius 2 is 1.67 bits per heavy atom. The fourth-order valence-corrected chi connectivity index (χ4v) is 1.92. The van der Waals surface area contributed by atoms with Crippen LogP contribution in [0.25, 0.3) is 0 Å². The van der Waals surface area contributed by atoms with Gasteiger partial charge in [0.05, 0.1) is 0 Å². The average Bonchev–Trinajstić information content (AvgIpc) is 2.33. The second kappa shape index (κ2) is 7.39. The highest BCUT2D eigenvalue weighted by Crippen LogP contribution is 2.21. The number of aryl methyl sites for hydroxylation is 3. The lowest BCUT2D eigenvalue weighted by Crippen LogP contribution is -2.37. The smallest absolute Gasteiger partial charge is 0.329 e. The van der Waals surface area contributed by atoms with Gasteiger partial charge >= 0.3 is 12.0 Å². The predicted octanol–water partition coefficient (Wildman–Crippen LogP) is 1.36. The summed E-state index contributed by atoms with van der Waals surface area (Å²) in [5.41, 5.74) is 3.49. The van der Waals surface area contributed by atoms with E-state index in [4.69, 9.17) is 5.11 Å². The molecule has 3 amide bonds. The Morgan fingerprint density at radius 3 is 2.19 bits per heavy atom. The van der Waals surface area contributed by atoms with Crippen molar-refractivity contribution in [1.29, 1.82) is 0 Å². The zero-order chi connectivity index (χ0) is 16.0. The zero-order valence-electron chi connectivity index (χ0n) is 12.1. The van der Waals surface area contributed by atoms with Gasteiger partial charge < -0.3 is 15.2 Å². The molecule has 21 heavy (non-hydrogen) atoms. The third-order valence-electron chi connectivity index (χ3n) is 2.63. The van der Waals surface area contributed by atoms with Gasteiger partial charge in [-0.3, -0.25) is 10.1 Å². The normalized spacial score (nSPS) is 10.0. The molecular formula is C14H18N2O5. The molecule has 0 atom stereocenters. The van der Waals surface area contributed by atoms with E-state index in [0.29, 0.717) is 5.69 Å². The SMILES string of the molecule is Cc1cc(C)c(NC(=O)NC(=O)COCC(=O)O)c(C)c1. The largest absolute Gasteiger partial charge is 0.480 e. The van der Waals surface area contributed by atoms with Crippen LogP contribution in [0.15, 0.2) is 12.1 Å². The number of rotatable bonds is 5. The molecule has 0 heterocycles. The van der Waals surface area contributed by atoms with Gasteiger partial charge in [0.1, 0.15) is 13.2 Å². The molecule has 0 saturated heterocycles. The van der Waals surface area contributed by atoms with Crippen LogP contribution < -0.4 is 10.6 Å². The van der Waals surface area contributed by atoms with Crippen molar-refractivity contribution < 1.29 is 24.2 Å². The lowest BCUT2D eigenvalue weighted by atomic mass is 10.1. The molecule has 3 N–H and O–H groups in total. The summed E-state index contributed by atoms with van der Waals surface area (Å²) < 4.78 is 4.58. The van der Waals surface area contributed by atoms with Gasteiger partial charge in [-0.05, 0) is 31.9 Å². The first kappa shape index (κ1) is 16.6. The number of hydrogen-bond acceptors (Lipinski definition) is 4. The van der Waals surface area contributed by atoms with Crippen molar-refractivity contribution in [2.75, 3.05) is 18.5 Å². The first-order valence-electron chi connectivity index (χ1n) is 6.28. The molecule has 0 aliphatic heterocycles. The molecule has 0 fully saturated rings. The van der Waals surface area contributed by atoms with E-state index in [2.05, 4.69) is 15.4 Å². The minimum Gasteiger partial charge on any atom is -0.480 e. The number of amides is 3. The molecule has 0 spiro atoms. The van der Waals surface area contributed by atoms with Crippen molar-refractivity contribution in [2.45, 2.75) is 20.8 Å². The lowest BCUT2D eigenvalue weighted by molar-refractivity contribution is -0.143. The Bertz CT molecular complexity index is 545. The van der Waals surface area contributed by atoms with Crippen LogP contribution in [0.2, 0.25) is 0 Å². The summed E-state index contributed by atoms with van der Waals surface area (Å²) in [4.78, 5) is 33.3. The maximum absolute atomic E-state index is 11.7. The van der Waals surface area contributed by atoms with E-state index in [9.17, 15) is 14.4 Å². The molecule has 0 aliphatic carbocycles. The minimum absolute atomic E-state index is 0.494. The molecule has 0 aromatic heterocycles. The molecule has 0 saturated carbocycles. The van der Waals surface area contributed by atoms with E-state index in [1.165, 1.54) is 0 Å². The first-order chi connectivity index (χ1) is 9.79. The Kier molecular flexibility index (Phi) is 5.86. The number of ether oxygens (including phenoxy) is 1. The van der Waals surface area contributed by atoms with Crippen LogP contribution in [-0.2, 0) is 14.3 Å². The fraction of sp³-hybridized carbons (Fsp3) is 0.357. The van der Waals surface area contributed by atoms with Gasteiger partial charge in [-0.1, -0.05) is 17.7 Å². The van der Waals surface area contributed by atoms with Gasteiger partial charge in [0, 0.05) is 5.69 Å². The monoisotopic (exact) mass is 294 g/mol. The van der Waals surface area contributed by atoms with Crippen molar-refractivity contribution in [1.82, 2.24) is 5.32 Å². The summed E-state index contributed by atoms with van der Waals surface area (Å²) >= 11 is 0. The van der Waals surface area contributed by atoms with Crippen LogP contribution in [-0.4, -0.2) is 36.2 Å². The third-order valence-corrected chi connectivity index (χ3v) is 2.63. The number of hydrogen-bond donors (Lipinski definition) is 3. The van der Waals surface area contributed by atoms with Crippen LogP contribution in [0, 0.1) is 20.8 Å². The number of benzene rings is 1. The van der Waals surface area contributed by atoms with Crippen LogP contribution in [0.5, 0.6) is 0 Å². The van der Waals surface area contributed by atoms with Crippen molar-refractivity contribution in [3.05, 3.63) is 28.8 Å². The minimum atomic E-state index is -1.18. The Balaban J connectivity index is 2.54. The number of carbonyl (C=O) groups excluding carboxylic acids is 2. The highest BCUT2D eigenvalue weighted by atomic mass is 16.5. The molecule has 1 aromatic carbocycles. The summed E-state index contributed by atoms with van der Waals surface area (Å²) in [6, 6.07) is 3.15. The second-order valence-electron chi connectivity index (χ2n) is 4.66. The predicted molar refractivity (Wildman–Crippen MR) is 76.3 cm³/mol. The first-order valence-corrected chi connectivity index (χ1v) is 6.28. The molecule has 0 unspecified atom stereocenters. The number of imide groups is 1. The quantitative estimate of drug-likeness (QED) is 0.760. The van der Waals surface area contributed by atoms with E-state index in [1.54, 1.807) is 0 Å². The summed E-state index contributed by atoms with van der Waals surface area (Å²) in [6.45, 7) is 4.57. The second-order valence-corrected chi connectivity index (χ2v) is 4.66. The zero-order valence-corrected chi connectivity index (χ0v) is 12.1. The van der Waals surface area contributed by atoms with Gasteiger partial charge in [0.2, 0.25) is 0 Å². The van der Waals surface area contributed by atoms with Crippen molar-refractivity contribution in [3.63, 3.8) is 0 Å². The highest BCUT2D eigenvalue weighted by molar-refractivity contribution is 6.02. The van der Waals surface area contributed by atoms with Crippen molar-refractivity contribution in [3.8, 4) is 0 Å². The van der Waals surface area contributed by atoms with E-state index in [-0.39, 0.29) is 0 Å². The van der Waals surface area contributed by atoms with Crippen molar-refractivity contribution >= 4 is 23.6 Å². The molecule has 0 radical (unpaired) electrons. The van der Waals surface area contributed by atoms with Gasteiger partial charge in [0.25, 0.3) is 5.91 Å². The van der Waals surface area contributed by atoms with Gasteiger partial charge in [-0.25, -0.2) is 9.59 Å². The van der Waals surface area contributed by atoms with Gasteiger partial charge in [-0.15, -0.1) is 0 Å². The van der Waals surface area contributed by atoms with E-state index < -0.39 is 31.1 Å². The molecule has 114 valence electrons. The summed E-state index contributed by atoms with van der Waals surface area (Å²) in [5.74, 6) is -1.89. The number of nitrogens with one attached hydrogen (secondary N) is 2. The summed E-state index contributed by atoms with van der Waals surface area (Å²) in [7, 11) is 0. The van der Waals surface area contributed by atoms with E-state index in [1.807, 2.05) is 32.9 Å². The van der Waals surface area contributed by atoms with Gasteiger partial charge in [0.15, 0.2) is 0 Å². The summed E-state index contributed by atoms with van der Waals surface area (Å²) in [6.07, 6.45) is 0. The van der Waals surface area contributed by atoms with E-state index in [0.717, 1.165) is 16.7 Å². The van der Waals surface area contributed by atoms with E-state index >= 15 is 0 Å². The van der Waals surface area contributed by atoms with Crippen LogP contribution in [0.1, 0.15) is 16.7 Å². The average molecular weight is 294 g/mol. The topological polar surface area (TPSA) is 105 Å². The number of urea groups is 1. The standard InChI is InChI=1S/C14H18N2O5/c1-8-4-9(2)13(10(3)5-8)16-14(20)15-11(17)6-21-7-12(18)19/h4-5H,6-7H2,1-3H3,(H,18,19)(H2,15,16,17,20).